The van der Waals surface area contributed by atoms with Gasteiger partial charge in [0.05, 0.1) is 5.56 Å². The number of rotatable bonds is 5. The van der Waals surface area contributed by atoms with E-state index in [1.807, 2.05) is 6.92 Å². The minimum atomic E-state index is -0.619. The molecule has 1 heterocycles. The van der Waals surface area contributed by atoms with Gasteiger partial charge >= 0.3 is 5.97 Å². The maximum Gasteiger partial charge on any atom is 0.338 e. The number of benzene rings is 2. The molecule has 0 radical (unpaired) electrons. The number of carbonyl (C=O) groups is 3. The first-order chi connectivity index (χ1) is 12.9. The summed E-state index contributed by atoms with van der Waals surface area (Å²) in [5, 5.41) is 3.26. The van der Waals surface area contributed by atoms with Gasteiger partial charge in [0.1, 0.15) is 0 Å². The van der Waals surface area contributed by atoms with E-state index in [1.165, 1.54) is 0 Å². The fraction of sp³-hybridized carbons (Fsp3) is 0.250. The van der Waals surface area contributed by atoms with Crippen LogP contribution in [0.2, 0.25) is 5.02 Å². The number of halogens is 1. The van der Waals surface area contributed by atoms with E-state index in [2.05, 4.69) is 5.32 Å². The average Bonchev–Trinajstić information content (AvgIpc) is 3.08. The first-order valence-electron chi connectivity index (χ1n) is 8.57. The summed E-state index contributed by atoms with van der Waals surface area (Å²) >= 11 is 5.89. The number of hydrogen-bond donors (Lipinski definition) is 1. The molecule has 2 aromatic carbocycles. The zero-order valence-corrected chi connectivity index (χ0v) is 15.6. The van der Waals surface area contributed by atoms with Crippen LogP contribution in [0.25, 0.3) is 0 Å². The highest BCUT2D eigenvalue weighted by molar-refractivity contribution is 6.30. The molecule has 0 unspecified atom stereocenters. The number of carbonyl (C=O) groups excluding carboxylic acids is 3. The molecule has 1 fully saturated rings. The van der Waals surface area contributed by atoms with Crippen LogP contribution in [0.3, 0.4) is 0 Å². The Labute approximate surface area is 162 Å². The molecular formula is C20H19ClN2O4. The number of nitrogens with zero attached hydrogens (tertiary/aromatic N) is 1. The molecule has 0 saturated carbocycles. The minimum Gasteiger partial charge on any atom is -0.452 e. The van der Waals surface area contributed by atoms with Gasteiger partial charge in [0.15, 0.2) is 6.61 Å². The van der Waals surface area contributed by atoms with Crippen molar-refractivity contribution < 1.29 is 19.1 Å². The van der Waals surface area contributed by atoms with E-state index in [0.29, 0.717) is 34.9 Å². The summed E-state index contributed by atoms with van der Waals surface area (Å²) in [7, 11) is 0. The Kier molecular flexibility index (Phi) is 5.76. The van der Waals surface area contributed by atoms with Crippen LogP contribution in [0.15, 0.2) is 42.5 Å². The smallest absolute Gasteiger partial charge is 0.338 e. The molecule has 0 spiro atoms. The van der Waals surface area contributed by atoms with Crippen LogP contribution in [-0.2, 0) is 14.3 Å². The van der Waals surface area contributed by atoms with E-state index >= 15 is 0 Å². The fourth-order valence-electron chi connectivity index (χ4n) is 2.89. The quantitative estimate of drug-likeness (QED) is 0.797. The second-order valence-electron chi connectivity index (χ2n) is 6.28. The third-order valence-corrected chi connectivity index (χ3v) is 4.50. The summed E-state index contributed by atoms with van der Waals surface area (Å²) in [5.74, 6) is -1.02. The summed E-state index contributed by atoms with van der Waals surface area (Å²) in [6.45, 7) is 2.05. The van der Waals surface area contributed by atoms with Crippen molar-refractivity contribution in [3.63, 3.8) is 0 Å². The SMILES string of the molecule is Cc1cc(Cl)ccc1NC(=O)COC(=O)c1cccc(N2CCCC2=O)c1. The summed E-state index contributed by atoms with van der Waals surface area (Å²) < 4.78 is 5.09. The monoisotopic (exact) mass is 386 g/mol. The molecule has 1 aliphatic heterocycles. The van der Waals surface area contributed by atoms with Crippen molar-refractivity contribution in [1.29, 1.82) is 0 Å². The van der Waals surface area contributed by atoms with E-state index in [4.69, 9.17) is 16.3 Å². The second-order valence-corrected chi connectivity index (χ2v) is 6.72. The van der Waals surface area contributed by atoms with Gasteiger partial charge in [-0.05, 0) is 55.3 Å². The molecule has 0 aliphatic carbocycles. The Bertz CT molecular complexity index is 897. The van der Waals surface area contributed by atoms with Crippen LogP contribution in [0, 0.1) is 6.92 Å². The van der Waals surface area contributed by atoms with E-state index in [1.54, 1.807) is 47.4 Å². The van der Waals surface area contributed by atoms with Gasteiger partial charge in [0.2, 0.25) is 5.91 Å². The maximum atomic E-state index is 12.2. The lowest BCUT2D eigenvalue weighted by Crippen LogP contribution is -2.24. The van der Waals surface area contributed by atoms with E-state index in [-0.39, 0.29) is 5.91 Å². The molecule has 0 atom stereocenters. The van der Waals surface area contributed by atoms with Crippen molar-refractivity contribution in [1.82, 2.24) is 0 Å². The second kappa shape index (κ2) is 8.22. The molecule has 3 rings (SSSR count). The highest BCUT2D eigenvalue weighted by Crippen LogP contribution is 2.23. The molecule has 2 aromatic rings. The van der Waals surface area contributed by atoms with Crippen LogP contribution in [-0.4, -0.2) is 30.9 Å². The average molecular weight is 387 g/mol. The van der Waals surface area contributed by atoms with Crippen LogP contribution in [0.5, 0.6) is 0 Å². The van der Waals surface area contributed by atoms with Gasteiger partial charge in [-0.15, -0.1) is 0 Å². The predicted octanol–water partition coefficient (Wildman–Crippen LogP) is 3.57. The molecule has 7 heteroatoms. The molecule has 1 saturated heterocycles. The van der Waals surface area contributed by atoms with Crippen molar-refractivity contribution in [2.45, 2.75) is 19.8 Å². The summed E-state index contributed by atoms with van der Waals surface area (Å²) in [4.78, 5) is 37.8. The third kappa shape index (κ3) is 4.65. The number of nitrogens with one attached hydrogen (secondary N) is 1. The van der Waals surface area contributed by atoms with Crippen molar-refractivity contribution in [2.24, 2.45) is 0 Å². The third-order valence-electron chi connectivity index (χ3n) is 4.26. The van der Waals surface area contributed by atoms with Crippen molar-refractivity contribution in [2.75, 3.05) is 23.4 Å². The zero-order valence-electron chi connectivity index (χ0n) is 14.8. The Morgan fingerprint density at radius 3 is 2.74 bits per heavy atom. The van der Waals surface area contributed by atoms with Crippen molar-refractivity contribution in [3.05, 3.63) is 58.6 Å². The van der Waals surface area contributed by atoms with E-state index < -0.39 is 18.5 Å². The summed E-state index contributed by atoms with van der Waals surface area (Å²) in [5.41, 5.74) is 2.37. The fourth-order valence-corrected chi connectivity index (χ4v) is 3.12. The Balaban J connectivity index is 1.59. The van der Waals surface area contributed by atoms with Gasteiger partial charge in [-0.1, -0.05) is 17.7 Å². The molecule has 6 nitrogen and oxygen atoms in total. The standard InChI is InChI=1S/C20H19ClN2O4/c1-13-10-15(21)7-8-17(13)22-18(24)12-27-20(26)14-4-2-5-16(11-14)23-9-3-6-19(23)25/h2,4-5,7-8,10-11H,3,6,9,12H2,1H3,(H,22,24). The number of ether oxygens (including phenoxy) is 1. The van der Waals surface area contributed by atoms with Gasteiger partial charge in [0, 0.05) is 29.4 Å². The Morgan fingerprint density at radius 1 is 1.22 bits per heavy atom. The molecule has 0 bridgehead atoms. The topological polar surface area (TPSA) is 75.7 Å². The predicted molar refractivity (Wildman–Crippen MR) is 103 cm³/mol. The van der Waals surface area contributed by atoms with Crippen LogP contribution >= 0.6 is 11.6 Å². The van der Waals surface area contributed by atoms with Gasteiger partial charge in [-0.25, -0.2) is 4.79 Å². The lowest BCUT2D eigenvalue weighted by molar-refractivity contribution is -0.119. The molecule has 1 N–H and O–H groups in total. The molecule has 2 amide bonds. The van der Waals surface area contributed by atoms with Crippen LogP contribution in [0.4, 0.5) is 11.4 Å². The molecule has 27 heavy (non-hydrogen) atoms. The molecule has 1 aliphatic rings. The first kappa shape index (κ1) is 18.9. The van der Waals surface area contributed by atoms with E-state index in [9.17, 15) is 14.4 Å². The van der Waals surface area contributed by atoms with Crippen molar-refractivity contribution in [3.8, 4) is 0 Å². The number of esters is 1. The Hall–Kier alpha value is -2.86. The Morgan fingerprint density at radius 2 is 2.04 bits per heavy atom. The number of anilines is 2. The minimum absolute atomic E-state index is 0.0400. The molecule has 0 aromatic heterocycles. The van der Waals surface area contributed by atoms with E-state index in [0.717, 1.165) is 12.0 Å². The number of hydrogen-bond acceptors (Lipinski definition) is 4. The lowest BCUT2D eigenvalue weighted by Gasteiger charge is -2.16. The summed E-state index contributed by atoms with van der Waals surface area (Å²) in [6.07, 6.45) is 1.32. The largest absolute Gasteiger partial charge is 0.452 e. The van der Waals surface area contributed by atoms with Crippen LogP contribution in [0.1, 0.15) is 28.8 Å². The van der Waals surface area contributed by atoms with Gasteiger partial charge < -0.3 is 15.0 Å². The zero-order chi connectivity index (χ0) is 19.4. The molecule has 140 valence electrons. The highest BCUT2D eigenvalue weighted by Gasteiger charge is 2.22. The van der Waals surface area contributed by atoms with Gasteiger partial charge in [-0.2, -0.15) is 0 Å². The maximum absolute atomic E-state index is 12.2. The van der Waals surface area contributed by atoms with Crippen LogP contribution < -0.4 is 10.2 Å². The number of aryl methyl sites for hydroxylation is 1. The molecular weight excluding hydrogens is 368 g/mol. The van der Waals surface area contributed by atoms with Gasteiger partial charge in [0.25, 0.3) is 5.91 Å². The highest BCUT2D eigenvalue weighted by atomic mass is 35.5. The number of amides is 2. The normalized spacial score (nSPS) is 13.6. The first-order valence-corrected chi connectivity index (χ1v) is 8.95. The van der Waals surface area contributed by atoms with Gasteiger partial charge in [-0.3, -0.25) is 9.59 Å². The van der Waals surface area contributed by atoms with Crippen molar-refractivity contribution >= 4 is 40.8 Å². The lowest BCUT2D eigenvalue weighted by atomic mass is 10.2. The summed E-state index contributed by atoms with van der Waals surface area (Å²) in [6, 6.07) is 11.7.